The first-order chi connectivity index (χ1) is 29.4. The van der Waals surface area contributed by atoms with Crippen LogP contribution < -0.4 is 21.1 Å². The van der Waals surface area contributed by atoms with Crippen molar-refractivity contribution in [1.29, 1.82) is 0 Å². The zero-order chi connectivity index (χ0) is 46.0. The number of hydrogen-bond acceptors (Lipinski definition) is 8. The summed E-state index contributed by atoms with van der Waals surface area (Å²) in [4.78, 5) is 47.9. The van der Waals surface area contributed by atoms with Crippen molar-refractivity contribution in [2.24, 2.45) is 0 Å². The maximum atomic E-state index is 12.3. The third-order valence-electron chi connectivity index (χ3n) is 13.9. The van der Waals surface area contributed by atoms with Gasteiger partial charge in [-0.05, 0) is 168 Å². The predicted molar refractivity (Wildman–Crippen MR) is 261 cm³/mol. The zero-order valence-electron chi connectivity index (χ0n) is 39.2. The van der Waals surface area contributed by atoms with Crippen LogP contribution >= 0.6 is 23.5 Å². The lowest BCUT2D eigenvalue weighted by Crippen LogP contribution is -2.34. The summed E-state index contributed by atoms with van der Waals surface area (Å²) < 4.78 is 6.27. The van der Waals surface area contributed by atoms with Gasteiger partial charge in [0.15, 0.2) is 0 Å². The molecule has 2 aliphatic carbocycles. The number of anilines is 1. The van der Waals surface area contributed by atoms with Gasteiger partial charge in [-0.15, -0.1) is 0 Å². The maximum Gasteiger partial charge on any atom is 0.286 e. The standard InChI is InChI=1S/C28H35NO3S.C25H30N2O2S/c1-16(2)32-22-10-8-9-18(14-23-25(30)29-26(31)33-23)24(22)19-15-21-20(13-17(19)3)27(4,5)11-12-28(21,6)7;1-14-11-17-18(25(4,5)10-9-24(17,2)3)13-16(14)21-15(7-6-8-19(21)26)12-20-22(28)27-23(29)30-20/h8-10,13,15-16,23H,11-12,14H2,1-7H3,(H,29,30,31);6-8,11,13,20H,9-10,12,26H2,1-5H3,(H,27,28,29). The third-order valence-corrected chi connectivity index (χ3v) is 15.9. The minimum absolute atomic E-state index is 0.0260. The molecule has 10 heteroatoms. The number of carbonyl (C=O) groups is 4. The van der Waals surface area contributed by atoms with Crippen LogP contribution in [0.25, 0.3) is 22.3 Å². The Kier molecular flexibility index (Phi) is 12.6. The Balaban J connectivity index is 0.000000190. The molecule has 8 nitrogen and oxygen atoms in total. The second kappa shape index (κ2) is 17.1. The first-order valence-corrected chi connectivity index (χ1v) is 24.2. The van der Waals surface area contributed by atoms with E-state index in [0.29, 0.717) is 18.5 Å². The molecule has 4 aromatic rings. The number of nitrogens with one attached hydrogen (secondary N) is 2. The van der Waals surface area contributed by atoms with Gasteiger partial charge in [0, 0.05) is 16.8 Å². The van der Waals surface area contributed by atoms with Gasteiger partial charge in [-0.1, -0.05) is 115 Å². The average Bonchev–Trinajstić information content (AvgIpc) is 3.68. The number of benzene rings is 4. The summed E-state index contributed by atoms with van der Waals surface area (Å²) >= 11 is 2.14. The van der Waals surface area contributed by atoms with Gasteiger partial charge in [-0.3, -0.25) is 29.8 Å². The van der Waals surface area contributed by atoms with Crippen LogP contribution in [-0.2, 0) is 44.1 Å². The summed E-state index contributed by atoms with van der Waals surface area (Å²) in [6.45, 7) is 27.0. The molecule has 2 saturated heterocycles. The normalized spacial score (nSPS) is 21.5. The van der Waals surface area contributed by atoms with Crippen molar-refractivity contribution in [1.82, 2.24) is 10.6 Å². The topological polar surface area (TPSA) is 128 Å². The molecule has 4 aromatic carbocycles. The SMILES string of the molecule is Cc1cc2c(cc1-c1c(CC3SC(=O)NC3=O)cccc1OC(C)C)C(C)(C)CCC2(C)C.Cc1cc2c(cc1-c1c(N)cccc1CC1SC(=O)NC1=O)C(C)(C)CCC2(C)C. The number of nitrogens with two attached hydrogens (primary N) is 1. The quantitative estimate of drug-likeness (QED) is 0.149. The number of nitrogen functional groups attached to an aromatic ring is 1. The number of ether oxygens (including phenoxy) is 1. The molecule has 0 spiro atoms. The smallest absolute Gasteiger partial charge is 0.286 e. The van der Waals surface area contributed by atoms with Gasteiger partial charge in [0.25, 0.3) is 10.5 Å². The van der Waals surface area contributed by atoms with E-state index in [9.17, 15) is 19.2 Å². The van der Waals surface area contributed by atoms with Crippen molar-refractivity contribution >= 4 is 51.5 Å². The van der Waals surface area contributed by atoms with E-state index in [-0.39, 0.29) is 50.1 Å². The molecule has 2 unspecified atom stereocenters. The molecule has 4 aliphatic rings. The lowest BCUT2D eigenvalue weighted by molar-refractivity contribution is -0.119. The van der Waals surface area contributed by atoms with Crippen molar-refractivity contribution in [2.75, 3.05) is 5.73 Å². The van der Waals surface area contributed by atoms with Crippen LogP contribution in [0, 0.1) is 13.8 Å². The van der Waals surface area contributed by atoms with Gasteiger partial charge in [0.2, 0.25) is 11.8 Å². The molecular formula is C53H65N3O5S2. The highest BCUT2D eigenvalue weighted by Gasteiger charge is 2.40. The van der Waals surface area contributed by atoms with E-state index < -0.39 is 10.5 Å². The Bertz CT molecular complexity index is 2520. The lowest BCUT2D eigenvalue weighted by Gasteiger charge is -2.42. The first kappa shape index (κ1) is 46.5. The number of hydrogen-bond donors (Lipinski definition) is 3. The van der Waals surface area contributed by atoms with Gasteiger partial charge >= 0.3 is 0 Å². The molecule has 4 amide bonds. The van der Waals surface area contributed by atoms with Gasteiger partial charge in [-0.25, -0.2) is 0 Å². The fourth-order valence-corrected chi connectivity index (χ4v) is 11.7. The molecule has 4 N–H and O–H groups in total. The van der Waals surface area contributed by atoms with E-state index >= 15 is 0 Å². The van der Waals surface area contributed by atoms with Crippen molar-refractivity contribution < 1.29 is 23.9 Å². The molecule has 0 aromatic heterocycles. The van der Waals surface area contributed by atoms with Crippen LogP contribution in [0.15, 0.2) is 60.7 Å². The first-order valence-electron chi connectivity index (χ1n) is 22.4. The second-order valence-corrected chi connectivity index (χ2v) is 23.3. The summed E-state index contributed by atoms with van der Waals surface area (Å²) in [5.74, 6) is 0.396. The van der Waals surface area contributed by atoms with E-state index in [0.717, 1.165) is 75.5 Å². The summed E-state index contributed by atoms with van der Waals surface area (Å²) in [5.41, 5.74) is 22.1. The van der Waals surface area contributed by atoms with Crippen LogP contribution in [0.2, 0.25) is 0 Å². The fraction of sp³-hybridized carbons (Fsp3) is 0.472. The highest BCUT2D eigenvalue weighted by atomic mass is 32.2. The number of imide groups is 2. The van der Waals surface area contributed by atoms with Crippen LogP contribution in [0.5, 0.6) is 5.75 Å². The van der Waals surface area contributed by atoms with E-state index in [4.69, 9.17) is 10.5 Å². The predicted octanol–water partition coefficient (Wildman–Crippen LogP) is 12.2. The Morgan fingerprint density at radius 3 is 1.38 bits per heavy atom. The number of aryl methyl sites for hydroxylation is 2. The van der Waals surface area contributed by atoms with Crippen molar-refractivity contribution in [2.45, 2.75) is 160 Å². The van der Waals surface area contributed by atoms with Crippen molar-refractivity contribution in [3.8, 4) is 28.0 Å². The molecule has 0 saturated carbocycles. The van der Waals surface area contributed by atoms with Crippen LogP contribution in [-0.4, -0.2) is 38.9 Å². The van der Waals surface area contributed by atoms with Crippen LogP contribution in [0.3, 0.4) is 0 Å². The maximum absolute atomic E-state index is 12.3. The number of rotatable bonds is 8. The second-order valence-electron chi connectivity index (χ2n) is 21.0. The molecule has 334 valence electrons. The van der Waals surface area contributed by atoms with Gasteiger partial charge < -0.3 is 10.5 Å². The Morgan fingerprint density at radius 1 is 0.603 bits per heavy atom. The molecule has 0 radical (unpaired) electrons. The van der Waals surface area contributed by atoms with E-state index in [1.807, 2.05) is 44.2 Å². The molecule has 8 rings (SSSR count). The molecule has 2 aliphatic heterocycles. The summed E-state index contributed by atoms with van der Waals surface area (Å²) in [5, 5.41) is 3.44. The number of fused-ring (bicyclic) bond motifs is 2. The highest BCUT2D eigenvalue weighted by molar-refractivity contribution is 8.15. The molecular weight excluding hydrogens is 823 g/mol. The summed E-state index contributed by atoms with van der Waals surface area (Å²) in [6.07, 6.45) is 5.63. The molecule has 2 heterocycles. The Morgan fingerprint density at radius 2 is 0.984 bits per heavy atom. The average molecular weight is 888 g/mol. The van der Waals surface area contributed by atoms with Crippen LogP contribution in [0.4, 0.5) is 15.3 Å². The Hall–Kier alpha value is -4.54. The molecule has 2 fully saturated rings. The number of thioether (sulfide) groups is 2. The zero-order valence-corrected chi connectivity index (χ0v) is 40.8. The van der Waals surface area contributed by atoms with E-state index in [2.05, 4.69) is 110 Å². The fourth-order valence-electron chi connectivity index (χ4n) is 9.96. The van der Waals surface area contributed by atoms with Crippen LogP contribution in [0.1, 0.15) is 139 Å². The molecule has 2 atom stereocenters. The lowest BCUT2D eigenvalue weighted by atomic mass is 9.62. The third kappa shape index (κ3) is 9.35. The van der Waals surface area contributed by atoms with Gasteiger partial charge in [-0.2, -0.15) is 0 Å². The highest BCUT2D eigenvalue weighted by Crippen LogP contribution is 2.51. The van der Waals surface area contributed by atoms with Gasteiger partial charge in [0.05, 0.1) is 16.6 Å². The largest absolute Gasteiger partial charge is 0.490 e. The summed E-state index contributed by atoms with van der Waals surface area (Å²) in [6, 6.07) is 21.3. The van der Waals surface area contributed by atoms with E-state index in [1.54, 1.807) is 0 Å². The van der Waals surface area contributed by atoms with Gasteiger partial charge in [0.1, 0.15) is 5.75 Å². The van der Waals surface area contributed by atoms with Crippen molar-refractivity contribution in [3.63, 3.8) is 0 Å². The molecule has 0 bridgehead atoms. The van der Waals surface area contributed by atoms with E-state index in [1.165, 1.54) is 46.2 Å². The number of amides is 4. The summed E-state index contributed by atoms with van der Waals surface area (Å²) in [7, 11) is 0. The Labute approximate surface area is 383 Å². The minimum Gasteiger partial charge on any atom is -0.490 e. The van der Waals surface area contributed by atoms with Crippen molar-refractivity contribution in [3.05, 3.63) is 105 Å². The molecule has 63 heavy (non-hydrogen) atoms. The monoisotopic (exact) mass is 887 g/mol. The number of carbonyl (C=O) groups excluding carboxylic acids is 4. The minimum atomic E-state index is -0.418.